The number of hydrogen-bond donors (Lipinski definition) is 1. The van der Waals surface area contributed by atoms with E-state index in [0.717, 1.165) is 13.0 Å². The summed E-state index contributed by atoms with van der Waals surface area (Å²) in [5.41, 5.74) is 0. The van der Waals surface area contributed by atoms with Crippen LogP contribution in [0.5, 0.6) is 0 Å². The van der Waals surface area contributed by atoms with Crippen LogP contribution in [-0.2, 0) is 4.74 Å². The van der Waals surface area contributed by atoms with Crippen LogP contribution in [0.1, 0.15) is 32.6 Å². The van der Waals surface area contributed by atoms with Crippen LogP contribution < -0.4 is 5.32 Å². The Kier molecular flexibility index (Phi) is 4.92. The Balaban J connectivity index is 2.30. The van der Waals surface area contributed by atoms with Gasteiger partial charge in [0.25, 0.3) is 0 Å². The zero-order valence-corrected chi connectivity index (χ0v) is 9.12. The SMILES string of the molecule is COC1CCCCC1NCC(C)C#N. The third-order valence-corrected chi connectivity index (χ3v) is 2.91. The molecule has 3 unspecified atom stereocenters. The zero-order valence-electron chi connectivity index (χ0n) is 9.12. The molecule has 0 saturated heterocycles. The predicted octanol–water partition coefficient (Wildman–Crippen LogP) is 1.69. The quantitative estimate of drug-likeness (QED) is 0.744. The summed E-state index contributed by atoms with van der Waals surface area (Å²) in [6, 6.07) is 2.68. The molecule has 80 valence electrons. The molecule has 3 atom stereocenters. The van der Waals surface area contributed by atoms with Crippen molar-refractivity contribution in [2.24, 2.45) is 5.92 Å². The Labute approximate surface area is 86.4 Å². The minimum Gasteiger partial charge on any atom is -0.380 e. The molecule has 3 nitrogen and oxygen atoms in total. The van der Waals surface area contributed by atoms with Gasteiger partial charge in [-0.15, -0.1) is 0 Å². The van der Waals surface area contributed by atoms with Crippen LogP contribution in [0.15, 0.2) is 0 Å². The molecule has 0 spiro atoms. The van der Waals surface area contributed by atoms with Gasteiger partial charge in [-0.05, 0) is 19.8 Å². The molecule has 1 aliphatic carbocycles. The first-order chi connectivity index (χ1) is 6.77. The summed E-state index contributed by atoms with van der Waals surface area (Å²) in [7, 11) is 1.78. The summed E-state index contributed by atoms with van der Waals surface area (Å²) >= 11 is 0. The molecule has 0 aromatic heterocycles. The van der Waals surface area contributed by atoms with Crippen LogP contribution in [0.2, 0.25) is 0 Å². The number of nitrogens with one attached hydrogen (secondary N) is 1. The second kappa shape index (κ2) is 6.00. The fourth-order valence-corrected chi connectivity index (χ4v) is 1.99. The zero-order chi connectivity index (χ0) is 10.4. The fourth-order valence-electron chi connectivity index (χ4n) is 1.99. The monoisotopic (exact) mass is 196 g/mol. The summed E-state index contributed by atoms with van der Waals surface area (Å²) in [6.07, 6.45) is 5.21. The lowest BCUT2D eigenvalue weighted by molar-refractivity contribution is 0.0414. The average molecular weight is 196 g/mol. The molecule has 1 aliphatic rings. The van der Waals surface area contributed by atoms with Crippen molar-refractivity contribution in [2.45, 2.75) is 44.8 Å². The largest absolute Gasteiger partial charge is 0.380 e. The molecule has 3 heteroatoms. The normalized spacial score (nSPS) is 29.5. The van der Waals surface area contributed by atoms with Crippen molar-refractivity contribution in [3.63, 3.8) is 0 Å². The van der Waals surface area contributed by atoms with E-state index in [-0.39, 0.29) is 5.92 Å². The molecular weight excluding hydrogens is 176 g/mol. The molecule has 1 fully saturated rings. The molecule has 0 aromatic carbocycles. The highest BCUT2D eigenvalue weighted by Crippen LogP contribution is 2.20. The summed E-state index contributed by atoms with van der Waals surface area (Å²) < 4.78 is 5.42. The number of nitrogens with zero attached hydrogens (tertiary/aromatic N) is 1. The maximum absolute atomic E-state index is 8.67. The Hall–Kier alpha value is -0.590. The molecule has 1 N–H and O–H groups in total. The van der Waals surface area contributed by atoms with Crippen LogP contribution in [0.3, 0.4) is 0 Å². The second-order valence-corrected chi connectivity index (χ2v) is 4.10. The highest BCUT2D eigenvalue weighted by Gasteiger charge is 2.24. The van der Waals surface area contributed by atoms with E-state index < -0.39 is 0 Å². The topological polar surface area (TPSA) is 45.0 Å². The molecule has 0 aromatic rings. The van der Waals surface area contributed by atoms with Gasteiger partial charge in [-0.3, -0.25) is 0 Å². The summed E-state index contributed by atoms with van der Waals surface area (Å²) in [5.74, 6) is 0.0921. The van der Waals surface area contributed by atoms with Crippen molar-refractivity contribution >= 4 is 0 Å². The smallest absolute Gasteiger partial charge is 0.0724 e. The first-order valence-electron chi connectivity index (χ1n) is 5.43. The van der Waals surface area contributed by atoms with E-state index in [0.29, 0.717) is 12.1 Å². The van der Waals surface area contributed by atoms with Crippen molar-refractivity contribution in [1.29, 1.82) is 5.26 Å². The van der Waals surface area contributed by atoms with E-state index in [1.54, 1.807) is 7.11 Å². The lowest BCUT2D eigenvalue weighted by atomic mass is 9.92. The number of hydrogen-bond acceptors (Lipinski definition) is 3. The third-order valence-electron chi connectivity index (χ3n) is 2.91. The van der Waals surface area contributed by atoms with Crippen molar-refractivity contribution in [3.8, 4) is 6.07 Å². The summed E-state index contributed by atoms with van der Waals surface area (Å²) in [6.45, 7) is 2.72. The molecule has 0 aliphatic heterocycles. The standard InChI is InChI=1S/C11H20N2O/c1-9(7-12)8-13-10-5-3-4-6-11(10)14-2/h9-11,13H,3-6,8H2,1-2H3. The van der Waals surface area contributed by atoms with Crippen LogP contribution >= 0.6 is 0 Å². The number of ether oxygens (including phenoxy) is 1. The van der Waals surface area contributed by atoms with Crippen LogP contribution in [0.4, 0.5) is 0 Å². The van der Waals surface area contributed by atoms with Crippen molar-refractivity contribution in [2.75, 3.05) is 13.7 Å². The van der Waals surface area contributed by atoms with E-state index in [1.165, 1.54) is 19.3 Å². The molecule has 14 heavy (non-hydrogen) atoms. The first-order valence-corrected chi connectivity index (χ1v) is 5.43. The molecule has 1 rings (SSSR count). The molecule has 0 radical (unpaired) electrons. The van der Waals surface area contributed by atoms with E-state index in [4.69, 9.17) is 10.00 Å². The van der Waals surface area contributed by atoms with Gasteiger partial charge in [0.05, 0.1) is 18.1 Å². The molecule has 0 amide bonds. The number of nitriles is 1. The summed E-state index contributed by atoms with van der Waals surface area (Å²) in [4.78, 5) is 0. The lowest BCUT2D eigenvalue weighted by Gasteiger charge is -2.31. The van der Waals surface area contributed by atoms with Crippen LogP contribution in [0.25, 0.3) is 0 Å². The lowest BCUT2D eigenvalue weighted by Crippen LogP contribution is -2.44. The minimum absolute atomic E-state index is 0.0921. The van der Waals surface area contributed by atoms with Gasteiger partial charge in [-0.25, -0.2) is 0 Å². The minimum atomic E-state index is 0.0921. The maximum atomic E-state index is 8.67. The average Bonchev–Trinajstić information content (AvgIpc) is 2.26. The van der Waals surface area contributed by atoms with Gasteiger partial charge in [0.1, 0.15) is 0 Å². The van der Waals surface area contributed by atoms with Crippen molar-refractivity contribution in [3.05, 3.63) is 0 Å². The van der Waals surface area contributed by atoms with Gasteiger partial charge in [0.15, 0.2) is 0 Å². The van der Waals surface area contributed by atoms with Gasteiger partial charge in [-0.1, -0.05) is 12.8 Å². The molecule has 1 saturated carbocycles. The second-order valence-electron chi connectivity index (χ2n) is 4.10. The highest BCUT2D eigenvalue weighted by molar-refractivity contribution is 4.86. The van der Waals surface area contributed by atoms with Crippen molar-refractivity contribution < 1.29 is 4.74 Å². The first kappa shape index (κ1) is 11.5. The molecule has 0 bridgehead atoms. The number of rotatable bonds is 4. The van der Waals surface area contributed by atoms with Gasteiger partial charge < -0.3 is 10.1 Å². The van der Waals surface area contributed by atoms with E-state index >= 15 is 0 Å². The highest BCUT2D eigenvalue weighted by atomic mass is 16.5. The van der Waals surface area contributed by atoms with Crippen LogP contribution in [-0.4, -0.2) is 25.8 Å². The van der Waals surface area contributed by atoms with Gasteiger partial charge in [0.2, 0.25) is 0 Å². The Bertz CT molecular complexity index is 200. The Morgan fingerprint density at radius 1 is 1.50 bits per heavy atom. The van der Waals surface area contributed by atoms with Gasteiger partial charge in [0, 0.05) is 19.7 Å². The van der Waals surface area contributed by atoms with E-state index in [2.05, 4.69) is 11.4 Å². The molecular formula is C11H20N2O. The fraction of sp³-hybridized carbons (Fsp3) is 0.909. The molecule has 0 heterocycles. The Morgan fingerprint density at radius 2 is 2.21 bits per heavy atom. The Morgan fingerprint density at radius 3 is 2.86 bits per heavy atom. The van der Waals surface area contributed by atoms with E-state index in [9.17, 15) is 0 Å². The van der Waals surface area contributed by atoms with Gasteiger partial charge in [-0.2, -0.15) is 5.26 Å². The third kappa shape index (κ3) is 3.28. The van der Waals surface area contributed by atoms with Crippen molar-refractivity contribution in [1.82, 2.24) is 5.32 Å². The maximum Gasteiger partial charge on any atom is 0.0724 e. The van der Waals surface area contributed by atoms with E-state index in [1.807, 2.05) is 6.92 Å². The summed E-state index contributed by atoms with van der Waals surface area (Å²) in [5, 5.41) is 12.1. The van der Waals surface area contributed by atoms with Crippen LogP contribution in [0, 0.1) is 17.2 Å². The number of methoxy groups -OCH3 is 1. The predicted molar refractivity (Wildman–Crippen MR) is 55.8 cm³/mol. The van der Waals surface area contributed by atoms with Gasteiger partial charge >= 0.3 is 0 Å².